The van der Waals surface area contributed by atoms with Crippen molar-refractivity contribution in [1.82, 2.24) is 4.31 Å². The molecule has 0 unspecified atom stereocenters. The number of nitrogens with zero attached hydrogens (tertiary/aromatic N) is 1. The summed E-state index contributed by atoms with van der Waals surface area (Å²) in [6.45, 7) is 0. The maximum atomic E-state index is 11.8. The third-order valence-electron chi connectivity index (χ3n) is 1.98. The highest BCUT2D eigenvalue weighted by atomic mass is 35.5. The molecule has 0 heterocycles. The van der Waals surface area contributed by atoms with Crippen LogP contribution in [0.15, 0.2) is 23.1 Å². The Kier molecular flexibility index (Phi) is 3.90. The lowest BCUT2D eigenvalue weighted by Crippen LogP contribution is -2.22. The summed E-state index contributed by atoms with van der Waals surface area (Å²) in [7, 11) is -0.657. The van der Waals surface area contributed by atoms with Gasteiger partial charge in [-0.25, -0.2) is 12.7 Å². The summed E-state index contributed by atoms with van der Waals surface area (Å²) in [6, 6.07) is 4.37. The van der Waals surface area contributed by atoms with E-state index in [0.29, 0.717) is 5.56 Å². The van der Waals surface area contributed by atoms with Gasteiger partial charge >= 0.3 is 0 Å². The standard InChI is InChI=1S/C9H11ClN2O2S2/c1-12(2)16(13,14)8-4-3-6(9(11)15)5-7(8)10/h3-5H,1-2H3,(H2,11,15). The Morgan fingerprint density at radius 2 is 2.00 bits per heavy atom. The molecule has 0 aliphatic rings. The Morgan fingerprint density at radius 3 is 2.38 bits per heavy atom. The average molecular weight is 279 g/mol. The summed E-state index contributed by atoms with van der Waals surface area (Å²) in [4.78, 5) is 0.217. The Balaban J connectivity index is 3.35. The predicted molar refractivity (Wildman–Crippen MR) is 68.2 cm³/mol. The van der Waals surface area contributed by atoms with Gasteiger partial charge in [0, 0.05) is 19.7 Å². The van der Waals surface area contributed by atoms with E-state index in [1.807, 2.05) is 0 Å². The lowest BCUT2D eigenvalue weighted by Gasteiger charge is -2.13. The van der Waals surface area contributed by atoms with Gasteiger partial charge < -0.3 is 5.73 Å². The summed E-state index contributed by atoms with van der Waals surface area (Å²) in [5.41, 5.74) is 5.95. The molecule has 7 heteroatoms. The van der Waals surface area contributed by atoms with Crippen molar-refractivity contribution in [2.75, 3.05) is 14.1 Å². The minimum Gasteiger partial charge on any atom is -0.389 e. The second-order valence-corrected chi connectivity index (χ2v) is 6.26. The largest absolute Gasteiger partial charge is 0.389 e. The first-order chi connectivity index (χ1) is 7.26. The van der Waals surface area contributed by atoms with E-state index < -0.39 is 10.0 Å². The number of nitrogens with two attached hydrogens (primary N) is 1. The Labute approximate surface area is 105 Å². The number of hydrogen-bond acceptors (Lipinski definition) is 3. The lowest BCUT2D eigenvalue weighted by molar-refractivity contribution is 0.521. The first-order valence-electron chi connectivity index (χ1n) is 4.28. The molecule has 0 fully saturated rings. The molecular weight excluding hydrogens is 268 g/mol. The highest BCUT2D eigenvalue weighted by molar-refractivity contribution is 7.89. The van der Waals surface area contributed by atoms with Crippen molar-refractivity contribution >= 4 is 38.8 Å². The minimum atomic E-state index is -3.53. The molecule has 0 spiro atoms. The fourth-order valence-corrected chi connectivity index (χ4v) is 2.60. The zero-order valence-corrected chi connectivity index (χ0v) is 11.2. The Hall–Kier alpha value is -0.690. The van der Waals surface area contributed by atoms with E-state index in [1.165, 1.54) is 32.3 Å². The Bertz CT molecular complexity index is 526. The van der Waals surface area contributed by atoms with Crippen LogP contribution in [0.4, 0.5) is 0 Å². The number of halogens is 1. The monoisotopic (exact) mass is 278 g/mol. The van der Waals surface area contributed by atoms with Crippen molar-refractivity contribution in [3.8, 4) is 0 Å². The number of benzene rings is 1. The molecule has 4 nitrogen and oxygen atoms in total. The van der Waals surface area contributed by atoms with Crippen molar-refractivity contribution in [3.63, 3.8) is 0 Å². The van der Waals surface area contributed by atoms with Crippen molar-refractivity contribution in [1.29, 1.82) is 0 Å². The molecule has 16 heavy (non-hydrogen) atoms. The normalized spacial score (nSPS) is 11.8. The lowest BCUT2D eigenvalue weighted by atomic mass is 10.2. The van der Waals surface area contributed by atoms with E-state index in [9.17, 15) is 8.42 Å². The van der Waals surface area contributed by atoms with Crippen LogP contribution >= 0.6 is 23.8 Å². The van der Waals surface area contributed by atoms with Crippen LogP contribution in [0.1, 0.15) is 5.56 Å². The summed E-state index contributed by atoms with van der Waals surface area (Å²) < 4.78 is 24.7. The van der Waals surface area contributed by atoms with E-state index in [2.05, 4.69) is 0 Å². The highest BCUT2D eigenvalue weighted by Gasteiger charge is 2.20. The molecule has 0 atom stereocenters. The summed E-state index contributed by atoms with van der Waals surface area (Å²) in [6.07, 6.45) is 0. The number of rotatable bonds is 3. The fraction of sp³-hybridized carbons (Fsp3) is 0.222. The van der Waals surface area contributed by atoms with Crippen LogP contribution in [0, 0.1) is 0 Å². The van der Waals surface area contributed by atoms with Gasteiger partial charge in [0.05, 0.1) is 5.02 Å². The summed E-state index contributed by atoms with van der Waals surface area (Å²) >= 11 is 10.7. The van der Waals surface area contributed by atoms with Crippen molar-refractivity contribution in [3.05, 3.63) is 28.8 Å². The van der Waals surface area contributed by atoms with Crippen LogP contribution in [0.2, 0.25) is 5.02 Å². The molecule has 0 radical (unpaired) electrons. The zero-order chi connectivity index (χ0) is 12.5. The maximum Gasteiger partial charge on any atom is 0.244 e. The van der Waals surface area contributed by atoms with Crippen molar-refractivity contribution < 1.29 is 8.42 Å². The quantitative estimate of drug-likeness (QED) is 0.845. The van der Waals surface area contributed by atoms with Gasteiger partial charge in [-0.05, 0) is 12.1 Å². The Morgan fingerprint density at radius 1 is 1.44 bits per heavy atom. The van der Waals surface area contributed by atoms with Gasteiger partial charge in [-0.2, -0.15) is 0 Å². The smallest absolute Gasteiger partial charge is 0.244 e. The first kappa shape index (κ1) is 13.4. The second kappa shape index (κ2) is 4.67. The zero-order valence-electron chi connectivity index (χ0n) is 8.77. The molecule has 0 saturated heterocycles. The van der Waals surface area contributed by atoms with Gasteiger partial charge in [-0.15, -0.1) is 0 Å². The minimum absolute atomic E-state index is 0.0409. The highest BCUT2D eigenvalue weighted by Crippen LogP contribution is 2.24. The molecule has 1 aromatic rings. The molecule has 0 bridgehead atoms. The van der Waals surface area contributed by atoms with Crippen molar-refractivity contribution in [2.45, 2.75) is 4.90 Å². The van der Waals surface area contributed by atoms with Gasteiger partial charge in [-0.1, -0.05) is 29.9 Å². The molecule has 2 N–H and O–H groups in total. The van der Waals surface area contributed by atoms with E-state index in [-0.39, 0.29) is 14.9 Å². The number of sulfonamides is 1. The average Bonchev–Trinajstić information content (AvgIpc) is 2.16. The van der Waals surface area contributed by atoms with E-state index in [4.69, 9.17) is 29.6 Å². The third kappa shape index (κ3) is 2.52. The molecule has 0 amide bonds. The van der Waals surface area contributed by atoms with Crippen LogP contribution in [0.25, 0.3) is 0 Å². The van der Waals surface area contributed by atoms with E-state index >= 15 is 0 Å². The SMILES string of the molecule is CN(C)S(=O)(=O)c1ccc(C(N)=S)cc1Cl. The van der Waals surface area contributed by atoms with Gasteiger partial charge in [0.25, 0.3) is 0 Å². The van der Waals surface area contributed by atoms with Crippen LogP contribution in [0.3, 0.4) is 0 Å². The van der Waals surface area contributed by atoms with Gasteiger partial charge in [0.15, 0.2) is 0 Å². The summed E-state index contributed by atoms with van der Waals surface area (Å²) in [5.74, 6) is 0. The first-order valence-corrected chi connectivity index (χ1v) is 6.51. The van der Waals surface area contributed by atoms with Gasteiger partial charge in [-0.3, -0.25) is 0 Å². The molecule has 0 aliphatic carbocycles. The van der Waals surface area contributed by atoms with E-state index in [1.54, 1.807) is 0 Å². The maximum absolute atomic E-state index is 11.8. The van der Waals surface area contributed by atoms with Crippen LogP contribution in [-0.4, -0.2) is 31.8 Å². The summed E-state index contributed by atoms with van der Waals surface area (Å²) in [5, 5.41) is 0.110. The van der Waals surface area contributed by atoms with Crippen LogP contribution in [-0.2, 0) is 10.0 Å². The molecular formula is C9H11ClN2O2S2. The van der Waals surface area contributed by atoms with Crippen LogP contribution in [0.5, 0.6) is 0 Å². The molecule has 1 rings (SSSR count). The molecule has 0 aliphatic heterocycles. The molecule has 88 valence electrons. The number of thiocarbonyl (C=S) groups is 1. The topological polar surface area (TPSA) is 63.4 Å². The second-order valence-electron chi connectivity index (χ2n) is 3.30. The molecule has 1 aromatic carbocycles. The molecule has 0 aromatic heterocycles. The number of hydrogen-bond donors (Lipinski definition) is 1. The molecule has 0 saturated carbocycles. The van der Waals surface area contributed by atoms with Gasteiger partial charge in [0.1, 0.15) is 9.88 Å². The van der Waals surface area contributed by atoms with Crippen LogP contribution < -0.4 is 5.73 Å². The third-order valence-corrected chi connectivity index (χ3v) is 4.51. The van der Waals surface area contributed by atoms with E-state index in [0.717, 1.165) is 4.31 Å². The predicted octanol–water partition coefficient (Wildman–Crippen LogP) is 1.22. The van der Waals surface area contributed by atoms with Crippen molar-refractivity contribution in [2.24, 2.45) is 5.73 Å². The van der Waals surface area contributed by atoms with Gasteiger partial charge in [0.2, 0.25) is 10.0 Å². The fourth-order valence-electron chi connectivity index (χ4n) is 1.06.